The van der Waals surface area contributed by atoms with Crippen molar-refractivity contribution in [2.45, 2.75) is 45.6 Å². The highest BCUT2D eigenvalue weighted by Gasteiger charge is 2.18. The summed E-state index contributed by atoms with van der Waals surface area (Å²) < 4.78 is 6.52. The molecule has 20 heavy (non-hydrogen) atoms. The van der Waals surface area contributed by atoms with E-state index in [0.717, 1.165) is 23.1 Å². The fourth-order valence-electron chi connectivity index (χ4n) is 2.35. The Kier molecular flexibility index (Phi) is 5.46. The van der Waals surface area contributed by atoms with Crippen molar-refractivity contribution in [1.82, 2.24) is 5.32 Å². The van der Waals surface area contributed by atoms with Crippen molar-refractivity contribution in [3.8, 4) is 5.75 Å². The third kappa shape index (κ3) is 4.23. The van der Waals surface area contributed by atoms with Gasteiger partial charge >= 0.3 is 0 Å². The van der Waals surface area contributed by atoms with Gasteiger partial charge in [0.2, 0.25) is 0 Å². The Labute approximate surface area is 129 Å². The van der Waals surface area contributed by atoms with E-state index in [1.165, 1.54) is 12.8 Å². The Morgan fingerprint density at radius 1 is 1.40 bits per heavy atom. The fourth-order valence-corrected chi connectivity index (χ4v) is 2.85. The van der Waals surface area contributed by atoms with Crippen LogP contribution in [0.4, 0.5) is 0 Å². The number of benzene rings is 1. The lowest BCUT2D eigenvalue weighted by Crippen LogP contribution is -2.32. The maximum Gasteiger partial charge on any atom is 0.251 e. The molecule has 110 valence electrons. The zero-order valence-electron chi connectivity index (χ0n) is 12.1. The minimum absolute atomic E-state index is 0.00742. The summed E-state index contributed by atoms with van der Waals surface area (Å²) in [5.74, 6) is 1.27. The summed E-state index contributed by atoms with van der Waals surface area (Å²) in [7, 11) is 0. The predicted octanol–water partition coefficient (Wildman–Crippen LogP) is 4.16. The summed E-state index contributed by atoms with van der Waals surface area (Å²) >= 11 is 3.47. The van der Waals surface area contributed by atoms with Gasteiger partial charge in [-0.2, -0.15) is 0 Å². The largest absolute Gasteiger partial charge is 0.492 e. The molecule has 1 aromatic rings. The molecule has 0 spiro atoms. The summed E-state index contributed by atoms with van der Waals surface area (Å²) in [5, 5.41) is 3.09. The van der Waals surface area contributed by atoms with E-state index in [2.05, 4.69) is 35.1 Å². The Morgan fingerprint density at radius 3 is 2.70 bits per heavy atom. The smallest absolute Gasteiger partial charge is 0.251 e. The standard InChI is InChI=1S/C16H22BrNO2/c1-11(2)10-20-15-8-7-12(9-14(15)17)16(19)18-13-5-3-4-6-13/h7-9,11,13H,3-6,10H2,1-2H3,(H,18,19). The summed E-state index contributed by atoms with van der Waals surface area (Å²) in [4.78, 5) is 12.2. The Bertz CT molecular complexity index is 468. The van der Waals surface area contributed by atoms with Gasteiger partial charge in [-0.25, -0.2) is 0 Å². The molecule has 2 rings (SSSR count). The lowest BCUT2D eigenvalue weighted by Gasteiger charge is -2.14. The first-order valence-corrected chi connectivity index (χ1v) is 8.09. The molecule has 0 radical (unpaired) electrons. The van der Waals surface area contributed by atoms with E-state index in [0.29, 0.717) is 24.1 Å². The van der Waals surface area contributed by atoms with Gasteiger partial charge in [-0.15, -0.1) is 0 Å². The second-order valence-corrected chi connectivity index (χ2v) is 6.66. The molecule has 1 aliphatic rings. The molecule has 1 N–H and O–H groups in total. The summed E-state index contributed by atoms with van der Waals surface area (Å²) in [6, 6.07) is 5.86. The van der Waals surface area contributed by atoms with Crippen molar-refractivity contribution in [3.05, 3.63) is 28.2 Å². The van der Waals surface area contributed by atoms with Crippen LogP contribution >= 0.6 is 15.9 Å². The van der Waals surface area contributed by atoms with Crippen LogP contribution in [0.3, 0.4) is 0 Å². The Balaban J connectivity index is 1.98. The van der Waals surface area contributed by atoms with Gasteiger partial charge in [0.1, 0.15) is 5.75 Å². The summed E-state index contributed by atoms with van der Waals surface area (Å²) in [6.07, 6.45) is 4.64. The molecule has 4 heteroatoms. The maximum absolute atomic E-state index is 12.2. The monoisotopic (exact) mass is 339 g/mol. The molecule has 0 unspecified atom stereocenters. The third-order valence-corrected chi connectivity index (χ3v) is 4.08. The molecule has 0 bridgehead atoms. The zero-order chi connectivity index (χ0) is 14.5. The maximum atomic E-state index is 12.2. The highest BCUT2D eigenvalue weighted by molar-refractivity contribution is 9.10. The molecule has 0 heterocycles. The van der Waals surface area contributed by atoms with Crippen molar-refractivity contribution in [2.75, 3.05) is 6.61 Å². The van der Waals surface area contributed by atoms with Crippen LogP contribution in [-0.2, 0) is 0 Å². The Morgan fingerprint density at radius 2 is 2.10 bits per heavy atom. The second kappa shape index (κ2) is 7.11. The number of nitrogens with one attached hydrogen (secondary N) is 1. The third-order valence-electron chi connectivity index (χ3n) is 3.46. The molecule has 1 amide bonds. The molecular formula is C16H22BrNO2. The highest BCUT2D eigenvalue weighted by Crippen LogP contribution is 2.27. The topological polar surface area (TPSA) is 38.3 Å². The van der Waals surface area contributed by atoms with Crippen molar-refractivity contribution >= 4 is 21.8 Å². The number of halogens is 1. The predicted molar refractivity (Wildman–Crippen MR) is 84.2 cm³/mol. The summed E-state index contributed by atoms with van der Waals surface area (Å²) in [6.45, 7) is 4.89. The van der Waals surface area contributed by atoms with Crippen LogP contribution in [0.1, 0.15) is 49.9 Å². The van der Waals surface area contributed by atoms with E-state index < -0.39 is 0 Å². The van der Waals surface area contributed by atoms with E-state index in [-0.39, 0.29) is 5.91 Å². The molecule has 0 atom stereocenters. The fraction of sp³-hybridized carbons (Fsp3) is 0.562. The first kappa shape index (κ1) is 15.4. The van der Waals surface area contributed by atoms with E-state index in [4.69, 9.17) is 4.74 Å². The average Bonchev–Trinajstić information content (AvgIpc) is 2.89. The number of hydrogen-bond donors (Lipinski definition) is 1. The molecule has 0 aliphatic heterocycles. The number of carbonyl (C=O) groups excluding carboxylic acids is 1. The number of amides is 1. The van der Waals surface area contributed by atoms with E-state index in [9.17, 15) is 4.79 Å². The summed E-state index contributed by atoms with van der Waals surface area (Å²) in [5.41, 5.74) is 0.681. The van der Waals surface area contributed by atoms with Crippen molar-refractivity contribution in [2.24, 2.45) is 5.92 Å². The SMILES string of the molecule is CC(C)COc1ccc(C(=O)NC2CCCC2)cc1Br. The number of ether oxygens (including phenoxy) is 1. The molecule has 3 nitrogen and oxygen atoms in total. The van der Waals surface area contributed by atoms with E-state index in [1.807, 2.05) is 18.2 Å². The van der Waals surface area contributed by atoms with Gasteiger partial charge in [0.15, 0.2) is 0 Å². The number of hydrogen-bond acceptors (Lipinski definition) is 2. The lowest BCUT2D eigenvalue weighted by atomic mass is 10.1. The zero-order valence-corrected chi connectivity index (χ0v) is 13.7. The van der Waals surface area contributed by atoms with Crippen LogP contribution in [0.25, 0.3) is 0 Å². The minimum atomic E-state index is 0.00742. The molecule has 1 aliphatic carbocycles. The molecular weight excluding hydrogens is 318 g/mol. The van der Waals surface area contributed by atoms with Gasteiger partial charge in [-0.1, -0.05) is 26.7 Å². The van der Waals surface area contributed by atoms with Gasteiger partial charge < -0.3 is 10.1 Å². The normalized spacial score (nSPS) is 15.6. The van der Waals surface area contributed by atoms with Crippen LogP contribution in [-0.4, -0.2) is 18.6 Å². The van der Waals surface area contributed by atoms with Crippen molar-refractivity contribution in [1.29, 1.82) is 0 Å². The molecule has 1 saturated carbocycles. The van der Waals surface area contributed by atoms with E-state index >= 15 is 0 Å². The van der Waals surface area contributed by atoms with Gasteiger partial charge in [-0.3, -0.25) is 4.79 Å². The van der Waals surface area contributed by atoms with Crippen LogP contribution in [0.2, 0.25) is 0 Å². The van der Waals surface area contributed by atoms with Gasteiger partial charge in [-0.05, 0) is 52.9 Å². The molecule has 1 aromatic carbocycles. The van der Waals surface area contributed by atoms with Gasteiger partial charge in [0.25, 0.3) is 5.91 Å². The van der Waals surface area contributed by atoms with Crippen molar-refractivity contribution in [3.63, 3.8) is 0 Å². The Hall–Kier alpha value is -1.03. The minimum Gasteiger partial charge on any atom is -0.492 e. The number of carbonyl (C=O) groups is 1. The van der Waals surface area contributed by atoms with Crippen LogP contribution < -0.4 is 10.1 Å². The first-order valence-electron chi connectivity index (χ1n) is 7.29. The second-order valence-electron chi connectivity index (χ2n) is 5.80. The quantitative estimate of drug-likeness (QED) is 0.874. The van der Waals surface area contributed by atoms with Crippen molar-refractivity contribution < 1.29 is 9.53 Å². The molecule has 0 saturated heterocycles. The van der Waals surface area contributed by atoms with Crippen LogP contribution in [0.15, 0.2) is 22.7 Å². The molecule has 1 fully saturated rings. The highest BCUT2D eigenvalue weighted by atomic mass is 79.9. The van der Waals surface area contributed by atoms with Crippen LogP contribution in [0, 0.1) is 5.92 Å². The van der Waals surface area contributed by atoms with Crippen LogP contribution in [0.5, 0.6) is 5.75 Å². The average molecular weight is 340 g/mol. The first-order chi connectivity index (χ1) is 9.56. The lowest BCUT2D eigenvalue weighted by molar-refractivity contribution is 0.0937. The van der Waals surface area contributed by atoms with Gasteiger partial charge in [0, 0.05) is 11.6 Å². The van der Waals surface area contributed by atoms with Gasteiger partial charge in [0.05, 0.1) is 11.1 Å². The molecule has 0 aromatic heterocycles. The van der Waals surface area contributed by atoms with E-state index in [1.54, 1.807) is 0 Å². The number of rotatable bonds is 5.